The molecule has 0 bridgehead atoms. The van der Waals surface area contributed by atoms with E-state index in [9.17, 15) is 9.59 Å². The van der Waals surface area contributed by atoms with Crippen molar-refractivity contribution >= 4 is 22.9 Å². The van der Waals surface area contributed by atoms with E-state index in [-0.39, 0.29) is 18.0 Å². The maximum absolute atomic E-state index is 12.8. The molecule has 160 valence electrons. The summed E-state index contributed by atoms with van der Waals surface area (Å²) in [5.74, 6) is 0.402. The summed E-state index contributed by atoms with van der Waals surface area (Å²) in [5.41, 5.74) is 4.85. The lowest BCUT2D eigenvalue weighted by molar-refractivity contribution is 0.0252. The Hall–Kier alpha value is -3.93. The van der Waals surface area contributed by atoms with Gasteiger partial charge in [-0.3, -0.25) is 4.79 Å². The Bertz CT molecular complexity index is 1310. The minimum absolute atomic E-state index is 0.162. The van der Waals surface area contributed by atoms with Crippen molar-refractivity contribution in [3.8, 4) is 0 Å². The second kappa shape index (κ2) is 8.30. The summed E-state index contributed by atoms with van der Waals surface area (Å²) < 4.78 is 7.70. The number of para-hydroxylation sites is 2. The van der Waals surface area contributed by atoms with E-state index >= 15 is 0 Å². The third-order valence-electron chi connectivity index (χ3n) is 5.88. The number of amides is 1. The van der Waals surface area contributed by atoms with Crippen LogP contribution in [0.2, 0.25) is 0 Å². The first-order valence-corrected chi connectivity index (χ1v) is 10.7. The van der Waals surface area contributed by atoms with Gasteiger partial charge in [-0.25, -0.2) is 9.78 Å². The molecule has 2 heterocycles. The molecule has 4 aromatic rings. The molecule has 0 radical (unpaired) electrons. The smallest absolute Gasteiger partial charge is 0.339 e. The fourth-order valence-electron chi connectivity index (χ4n) is 4.25. The summed E-state index contributed by atoms with van der Waals surface area (Å²) in [5, 5.41) is 2.99. The Morgan fingerprint density at radius 1 is 1.09 bits per heavy atom. The molecular weight excluding hydrogens is 402 g/mol. The third-order valence-corrected chi connectivity index (χ3v) is 5.88. The number of imidazole rings is 1. The van der Waals surface area contributed by atoms with Gasteiger partial charge in [-0.05, 0) is 48.4 Å². The number of aromatic nitrogens is 2. The van der Waals surface area contributed by atoms with Crippen molar-refractivity contribution in [3.63, 3.8) is 0 Å². The van der Waals surface area contributed by atoms with Crippen molar-refractivity contribution in [1.82, 2.24) is 14.9 Å². The van der Waals surface area contributed by atoms with Crippen LogP contribution in [-0.2, 0) is 17.7 Å². The van der Waals surface area contributed by atoms with Crippen LogP contribution >= 0.6 is 0 Å². The van der Waals surface area contributed by atoms with Crippen molar-refractivity contribution in [2.24, 2.45) is 0 Å². The molecule has 6 nitrogen and oxygen atoms in total. The van der Waals surface area contributed by atoms with Gasteiger partial charge in [0.25, 0.3) is 5.91 Å². The van der Waals surface area contributed by atoms with Crippen LogP contribution in [0.5, 0.6) is 0 Å². The van der Waals surface area contributed by atoms with Crippen LogP contribution < -0.4 is 5.32 Å². The van der Waals surface area contributed by atoms with Crippen LogP contribution in [0.4, 0.5) is 0 Å². The van der Waals surface area contributed by atoms with Crippen molar-refractivity contribution in [3.05, 3.63) is 101 Å². The molecule has 1 unspecified atom stereocenters. The van der Waals surface area contributed by atoms with Crippen LogP contribution in [0.1, 0.15) is 43.8 Å². The van der Waals surface area contributed by atoms with Gasteiger partial charge in [0, 0.05) is 25.1 Å². The molecule has 0 aliphatic carbocycles. The van der Waals surface area contributed by atoms with Gasteiger partial charge in [0.05, 0.1) is 16.6 Å². The fraction of sp³-hybridized carbons (Fsp3) is 0.192. The molecule has 3 aromatic carbocycles. The molecule has 0 spiro atoms. The molecule has 1 aliphatic rings. The Labute approximate surface area is 185 Å². The quantitative estimate of drug-likeness (QED) is 0.486. The van der Waals surface area contributed by atoms with Crippen molar-refractivity contribution in [2.45, 2.75) is 26.0 Å². The summed E-state index contributed by atoms with van der Waals surface area (Å²) >= 11 is 0. The van der Waals surface area contributed by atoms with Gasteiger partial charge in [0.1, 0.15) is 11.9 Å². The lowest BCUT2D eigenvalue weighted by Crippen LogP contribution is -2.28. The van der Waals surface area contributed by atoms with Crippen LogP contribution in [0.25, 0.3) is 11.0 Å². The molecule has 1 aromatic heterocycles. The number of nitrogens with one attached hydrogen (secondary N) is 1. The minimum atomic E-state index is -0.352. The molecular formula is C26H23N3O3. The number of cyclic esters (lactones) is 1. The molecule has 1 aliphatic heterocycles. The monoisotopic (exact) mass is 425 g/mol. The number of fused-ring (bicyclic) bond motifs is 2. The first kappa shape index (κ1) is 20.0. The van der Waals surface area contributed by atoms with Crippen molar-refractivity contribution in [2.75, 3.05) is 6.54 Å². The number of hydrogen-bond acceptors (Lipinski definition) is 4. The summed E-state index contributed by atoms with van der Waals surface area (Å²) in [4.78, 5) is 29.8. The Morgan fingerprint density at radius 3 is 2.72 bits per heavy atom. The molecule has 0 saturated carbocycles. The van der Waals surface area contributed by atoms with Gasteiger partial charge in [0.2, 0.25) is 0 Å². The van der Waals surface area contributed by atoms with Gasteiger partial charge in [-0.15, -0.1) is 0 Å². The fourth-order valence-corrected chi connectivity index (χ4v) is 4.25. The number of nitrogens with zero attached hydrogens (tertiary/aromatic N) is 2. The standard InChI is InChI=1S/C26H23N3O3/c1-17-28-22-9-5-6-10-23(22)29(17)14-13-27-25(30)19-11-12-21-20(15-19)16-24(32-26(21)31)18-7-3-2-4-8-18/h2-12,15,24H,13-14,16H2,1H3,(H,27,30). The number of esters is 1. The maximum atomic E-state index is 12.8. The average molecular weight is 425 g/mol. The third kappa shape index (κ3) is 3.75. The van der Waals surface area contributed by atoms with Crippen LogP contribution in [0, 0.1) is 6.92 Å². The summed E-state index contributed by atoms with van der Waals surface area (Å²) in [7, 11) is 0. The highest BCUT2D eigenvalue weighted by atomic mass is 16.5. The minimum Gasteiger partial charge on any atom is -0.454 e. The Morgan fingerprint density at radius 2 is 1.88 bits per heavy atom. The van der Waals surface area contributed by atoms with E-state index in [0.29, 0.717) is 30.6 Å². The molecule has 1 atom stereocenters. The zero-order chi connectivity index (χ0) is 22.1. The average Bonchev–Trinajstić information content (AvgIpc) is 3.14. The largest absolute Gasteiger partial charge is 0.454 e. The molecule has 32 heavy (non-hydrogen) atoms. The summed E-state index contributed by atoms with van der Waals surface area (Å²) in [6, 6.07) is 22.8. The Balaban J connectivity index is 1.29. The zero-order valence-electron chi connectivity index (χ0n) is 17.7. The van der Waals surface area contributed by atoms with E-state index < -0.39 is 0 Å². The van der Waals surface area contributed by atoms with Crippen LogP contribution in [0.3, 0.4) is 0 Å². The van der Waals surface area contributed by atoms with Gasteiger partial charge >= 0.3 is 5.97 Å². The molecule has 1 N–H and O–H groups in total. The number of rotatable bonds is 5. The molecule has 0 saturated heterocycles. The SMILES string of the molecule is Cc1nc2ccccc2n1CCNC(=O)c1ccc2c(c1)CC(c1ccccc1)OC2=O. The van der Waals surface area contributed by atoms with E-state index in [0.717, 1.165) is 28.0 Å². The predicted molar refractivity (Wildman–Crippen MR) is 122 cm³/mol. The number of ether oxygens (including phenoxy) is 1. The van der Waals surface area contributed by atoms with E-state index in [1.165, 1.54) is 0 Å². The van der Waals surface area contributed by atoms with E-state index in [2.05, 4.69) is 14.9 Å². The predicted octanol–water partition coefficient (Wildman–Crippen LogP) is 4.23. The lowest BCUT2D eigenvalue weighted by Gasteiger charge is -2.25. The highest BCUT2D eigenvalue weighted by Crippen LogP contribution is 2.31. The molecule has 5 rings (SSSR count). The first-order chi connectivity index (χ1) is 15.6. The Kier molecular flexibility index (Phi) is 5.19. The number of carbonyl (C=O) groups excluding carboxylic acids is 2. The van der Waals surface area contributed by atoms with Gasteiger partial charge in [-0.1, -0.05) is 42.5 Å². The van der Waals surface area contributed by atoms with E-state index in [1.807, 2.05) is 61.5 Å². The van der Waals surface area contributed by atoms with Gasteiger partial charge in [-0.2, -0.15) is 0 Å². The second-order valence-electron chi connectivity index (χ2n) is 7.94. The number of aryl methyl sites for hydroxylation is 1. The van der Waals surface area contributed by atoms with Crippen molar-refractivity contribution < 1.29 is 14.3 Å². The number of hydrogen-bond donors (Lipinski definition) is 1. The zero-order valence-corrected chi connectivity index (χ0v) is 17.7. The highest BCUT2D eigenvalue weighted by molar-refractivity contribution is 5.97. The molecule has 0 fully saturated rings. The number of carbonyl (C=O) groups is 2. The van der Waals surface area contributed by atoms with Crippen LogP contribution in [-0.4, -0.2) is 28.0 Å². The van der Waals surface area contributed by atoms with Crippen molar-refractivity contribution in [1.29, 1.82) is 0 Å². The maximum Gasteiger partial charge on any atom is 0.339 e. The normalized spacial score (nSPS) is 15.3. The second-order valence-corrected chi connectivity index (χ2v) is 7.94. The first-order valence-electron chi connectivity index (χ1n) is 10.7. The highest BCUT2D eigenvalue weighted by Gasteiger charge is 2.28. The van der Waals surface area contributed by atoms with Gasteiger partial charge < -0.3 is 14.6 Å². The van der Waals surface area contributed by atoms with Crippen LogP contribution in [0.15, 0.2) is 72.8 Å². The topological polar surface area (TPSA) is 73.2 Å². The molecule has 1 amide bonds. The lowest BCUT2D eigenvalue weighted by atomic mass is 9.93. The summed E-state index contributed by atoms with van der Waals surface area (Å²) in [6.07, 6.45) is 0.207. The van der Waals surface area contributed by atoms with E-state index in [4.69, 9.17) is 4.74 Å². The summed E-state index contributed by atoms with van der Waals surface area (Å²) in [6.45, 7) is 3.07. The van der Waals surface area contributed by atoms with E-state index in [1.54, 1.807) is 18.2 Å². The van der Waals surface area contributed by atoms with Gasteiger partial charge in [0.15, 0.2) is 0 Å². The number of benzene rings is 3. The molecule has 6 heteroatoms.